The lowest BCUT2D eigenvalue weighted by Crippen LogP contribution is -2.52. The maximum absolute atomic E-state index is 13.9. The van der Waals surface area contributed by atoms with Crippen molar-refractivity contribution >= 4 is 62.3 Å². The fourth-order valence-electron chi connectivity index (χ4n) is 4.02. The van der Waals surface area contributed by atoms with Crippen LogP contribution in [-0.4, -0.2) is 43.8 Å². The third-order valence-electron chi connectivity index (χ3n) is 6.66. The highest BCUT2D eigenvalue weighted by atomic mass is 35.5. The molecular weight excluding hydrogens is 650 g/mol. The molecule has 0 radical (unpaired) electrons. The third-order valence-corrected chi connectivity index (χ3v) is 9.52. The van der Waals surface area contributed by atoms with Crippen molar-refractivity contribution in [1.82, 2.24) is 10.2 Å². The summed E-state index contributed by atoms with van der Waals surface area (Å²) in [6, 6.07) is 12.8. The summed E-state index contributed by atoms with van der Waals surface area (Å²) in [7, 11) is -4.58. The standard InChI is InChI=1S/C29H29Cl3F3N3O4S/c1-4-18(2)36-28(40)19(3)37(16-20-10-12-25(31)26(32)14-20)27(39)17-38(43(41,42)22-8-6-5-7-9-22)21-11-13-24(30)23(15-21)29(33,34)35/h5-15,18-19H,4,16-17H2,1-3H3,(H,36,40)/t18-,19+/m0/s1. The SMILES string of the molecule is CC[C@H](C)NC(=O)[C@@H](C)N(Cc1ccc(Cl)c(Cl)c1)C(=O)CN(c1ccc(Cl)c(C(F)(F)F)c1)S(=O)(=O)c1ccccc1. The van der Waals surface area contributed by atoms with Crippen LogP contribution in [0.3, 0.4) is 0 Å². The van der Waals surface area contributed by atoms with Gasteiger partial charge in [0.05, 0.1) is 31.2 Å². The molecule has 0 aliphatic rings. The molecule has 3 rings (SSSR count). The van der Waals surface area contributed by atoms with Crippen LogP contribution >= 0.6 is 34.8 Å². The van der Waals surface area contributed by atoms with E-state index in [1.807, 2.05) is 6.92 Å². The van der Waals surface area contributed by atoms with Crippen LogP contribution in [0.2, 0.25) is 15.1 Å². The minimum absolute atomic E-state index is 0.182. The van der Waals surface area contributed by atoms with Crippen LogP contribution in [0.15, 0.2) is 71.6 Å². The molecule has 2 atom stereocenters. The Morgan fingerprint density at radius 1 is 0.907 bits per heavy atom. The molecule has 0 bridgehead atoms. The Labute approximate surface area is 263 Å². The van der Waals surface area contributed by atoms with Crippen molar-refractivity contribution in [3.05, 3.63) is 92.9 Å². The summed E-state index contributed by atoms with van der Waals surface area (Å²) in [4.78, 5) is 27.9. The van der Waals surface area contributed by atoms with Crippen LogP contribution in [0.1, 0.15) is 38.3 Å². The minimum Gasteiger partial charge on any atom is -0.352 e. The Hall–Kier alpha value is -2.99. The van der Waals surface area contributed by atoms with Crippen molar-refractivity contribution in [2.45, 2.75) is 56.9 Å². The van der Waals surface area contributed by atoms with Gasteiger partial charge in [-0.3, -0.25) is 13.9 Å². The first kappa shape index (κ1) is 34.5. The Balaban J connectivity index is 2.12. The van der Waals surface area contributed by atoms with Gasteiger partial charge in [0.15, 0.2) is 0 Å². The summed E-state index contributed by atoms with van der Waals surface area (Å²) in [5, 5.41) is 2.60. The fraction of sp³-hybridized carbons (Fsp3) is 0.310. The van der Waals surface area contributed by atoms with Crippen LogP contribution in [-0.2, 0) is 32.3 Å². The third kappa shape index (κ3) is 8.56. The molecule has 0 aliphatic carbocycles. The monoisotopic (exact) mass is 677 g/mol. The average molecular weight is 679 g/mol. The van der Waals surface area contributed by atoms with Gasteiger partial charge in [0, 0.05) is 12.6 Å². The van der Waals surface area contributed by atoms with Crippen LogP contribution in [0.5, 0.6) is 0 Å². The van der Waals surface area contributed by atoms with Gasteiger partial charge in [-0.05, 0) is 68.3 Å². The van der Waals surface area contributed by atoms with E-state index in [-0.39, 0.29) is 27.5 Å². The van der Waals surface area contributed by atoms with Crippen LogP contribution in [0.25, 0.3) is 0 Å². The van der Waals surface area contributed by atoms with Crippen LogP contribution in [0, 0.1) is 0 Å². The zero-order chi connectivity index (χ0) is 32.1. The lowest BCUT2D eigenvalue weighted by Gasteiger charge is -2.32. The van der Waals surface area contributed by atoms with E-state index < -0.39 is 56.9 Å². The molecule has 2 amide bonds. The second kappa shape index (κ2) is 14.2. The zero-order valence-electron chi connectivity index (χ0n) is 23.3. The highest BCUT2D eigenvalue weighted by molar-refractivity contribution is 7.92. The topological polar surface area (TPSA) is 86.8 Å². The highest BCUT2D eigenvalue weighted by Crippen LogP contribution is 2.38. The van der Waals surface area contributed by atoms with Gasteiger partial charge < -0.3 is 10.2 Å². The quantitative estimate of drug-likeness (QED) is 0.233. The number of carbonyl (C=O) groups is 2. The maximum Gasteiger partial charge on any atom is 0.417 e. The molecule has 0 spiro atoms. The molecule has 0 unspecified atom stereocenters. The van der Waals surface area contributed by atoms with Crippen molar-refractivity contribution in [1.29, 1.82) is 0 Å². The molecule has 232 valence electrons. The number of rotatable bonds is 11. The van der Waals surface area contributed by atoms with Crippen molar-refractivity contribution in [3.63, 3.8) is 0 Å². The van der Waals surface area contributed by atoms with E-state index in [4.69, 9.17) is 34.8 Å². The van der Waals surface area contributed by atoms with Gasteiger partial charge in [-0.25, -0.2) is 8.42 Å². The van der Waals surface area contributed by atoms with Gasteiger partial charge in [0.1, 0.15) is 12.6 Å². The summed E-state index contributed by atoms with van der Waals surface area (Å²) in [6.45, 7) is 3.99. The number of benzene rings is 3. The molecular formula is C29H29Cl3F3N3O4S. The van der Waals surface area contributed by atoms with Gasteiger partial charge >= 0.3 is 6.18 Å². The summed E-state index contributed by atoms with van der Waals surface area (Å²) in [6.07, 6.45) is -4.29. The number of alkyl halides is 3. The molecule has 0 aromatic heterocycles. The summed E-state index contributed by atoms with van der Waals surface area (Å²) in [5.41, 5.74) is -1.24. The van der Waals surface area contributed by atoms with Crippen molar-refractivity contribution in [2.75, 3.05) is 10.8 Å². The molecule has 0 saturated heterocycles. The van der Waals surface area contributed by atoms with Crippen molar-refractivity contribution < 1.29 is 31.2 Å². The largest absolute Gasteiger partial charge is 0.417 e. The number of sulfonamides is 1. The molecule has 0 fully saturated rings. The molecule has 3 aromatic rings. The predicted molar refractivity (Wildman–Crippen MR) is 162 cm³/mol. The zero-order valence-corrected chi connectivity index (χ0v) is 26.4. The average Bonchev–Trinajstić information content (AvgIpc) is 2.96. The van der Waals surface area contributed by atoms with E-state index >= 15 is 0 Å². The van der Waals surface area contributed by atoms with Gasteiger partial charge in [0.2, 0.25) is 11.8 Å². The van der Waals surface area contributed by atoms with E-state index in [1.54, 1.807) is 19.1 Å². The van der Waals surface area contributed by atoms with E-state index in [9.17, 15) is 31.2 Å². The van der Waals surface area contributed by atoms with E-state index in [0.29, 0.717) is 22.4 Å². The molecule has 0 heterocycles. The van der Waals surface area contributed by atoms with Crippen LogP contribution < -0.4 is 9.62 Å². The first-order valence-corrected chi connectivity index (χ1v) is 15.6. The number of amides is 2. The number of anilines is 1. The number of nitrogens with one attached hydrogen (secondary N) is 1. The Morgan fingerprint density at radius 2 is 1.53 bits per heavy atom. The first-order chi connectivity index (χ1) is 20.1. The molecule has 43 heavy (non-hydrogen) atoms. The number of halogens is 6. The second-order valence-electron chi connectivity index (χ2n) is 9.75. The molecule has 1 N–H and O–H groups in total. The van der Waals surface area contributed by atoms with E-state index in [0.717, 1.165) is 17.0 Å². The highest BCUT2D eigenvalue weighted by Gasteiger charge is 2.37. The van der Waals surface area contributed by atoms with Crippen molar-refractivity contribution in [3.8, 4) is 0 Å². The second-order valence-corrected chi connectivity index (χ2v) is 12.8. The Bertz CT molecular complexity index is 1570. The first-order valence-electron chi connectivity index (χ1n) is 13.0. The smallest absolute Gasteiger partial charge is 0.352 e. The molecule has 0 aliphatic heterocycles. The predicted octanol–water partition coefficient (Wildman–Crippen LogP) is 7.19. The summed E-state index contributed by atoms with van der Waals surface area (Å²) < 4.78 is 69.4. The van der Waals surface area contributed by atoms with Gasteiger partial charge in [-0.2, -0.15) is 13.2 Å². The summed E-state index contributed by atoms with van der Waals surface area (Å²) in [5.74, 6) is -1.37. The van der Waals surface area contributed by atoms with Gasteiger partial charge in [0.25, 0.3) is 10.0 Å². The molecule has 0 saturated carbocycles. The molecule has 3 aromatic carbocycles. The van der Waals surface area contributed by atoms with Gasteiger partial charge in [-0.15, -0.1) is 0 Å². The summed E-state index contributed by atoms with van der Waals surface area (Å²) >= 11 is 18.0. The fourth-order valence-corrected chi connectivity index (χ4v) is 5.99. The minimum atomic E-state index is -4.90. The lowest BCUT2D eigenvalue weighted by atomic mass is 10.1. The number of carbonyl (C=O) groups excluding carboxylic acids is 2. The molecule has 7 nitrogen and oxygen atoms in total. The number of nitrogens with zero attached hydrogens (tertiary/aromatic N) is 2. The van der Waals surface area contributed by atoms with Crippen molar-refractivity contribution in [2.24, 2.45) is 0 Å². The Morgan fingerprint density at radius 3 is 2.12 bits per heavy atom. The number of hydrogen-bond donors (Lipinski definition) is 1. The normalized spacial score (nSPS) is 13.2. The lowest BCUT2D eigenvalue weighted by molar-refractivity contribution is -0.139. The molecule has 14 heteroatoms. The Kier molecular flexibility index (Phi) is 11.4. The van der Waals surface area contributed by atoms with Crippen LogP contribution in [0.4, 0.5) is 18.9 Å². The number of hydrogen-bond acceptors (Lipinski definition) is 4. The maximum atomic E-state index is 13.9. The van der Waals surface area contributed by atoms with Gasteiger partial charge in [-0.1, -0.05) is 66.0 Å². The van der Waals surface area contributed by atoms with E-state index in [1.165, 1.54) is 43.3 Å². The van der Waals surface area contributed by atoms with E-state index in [2.05, 4.69) is 5.32 Å².